The third-order valence-corrected chi connectivity index (χ3v) is 4.58. The van der Waals surface area contributed by atoms with E-state index < -0.39 is 0 Å². The van der Waals surface area contributed by atoms with Crippen molar-refractivity contribution in [2.45, 2.75) is 36.7 Å². The summed E-state index contributed by atoms with van der Waals surface area (Å²) in [6.07, 6.45) is 3.66. The lowest BCUT2D eigenvalue weighted by atomic mass is 9.99. The first-order valence-corrected chi connectivity index (χ1v) is 7.04. The van der Waals surface area contributed by atoms with Crippen molar-refractivity contribution in [3.05, 3.63) is 34.9 Å². The number of Topliss-reactive ketones (excluding diaryl/α,β-unsaturated/α-hetero) is 1. The number of thioether (sulfide) groups is 1. The molecule has 0 heterocycles. The second-order valence-corrected chi connectivity index (χ2v) is 5.90. The summed E-state index contributed by atoms with van der Waals surface area (Å²) in [7, 11) is 0. The van der Waals surface area contributed by atoms with Crippen LogP contribution in [0.5, 0.6) is 0 Å². The zero-order valence-electron chi connectivity index (χ0n) is 9.12. The summed E-state index contributed by atoms with van der Waals surface area (Å²) in [5.74, 6) is 1.46. The van der Waals surface area contributed by atoms with Crippen molar-refractivity contribution in [2.24, 2.45) is 0 Å². The number of carbonyl (C=O) groups excluding carboxylic acids is 1. The van der Waals surface area contributed by atoms with E-state index in [4.69, 9.17) is 11.6 Å². The van der Waals surface area contributed by atoms with Gasteiger partial charge in [-0.15, -0.1) is 0 Å². The minimum absolute atomic E-state index is 0.434. The normalized spacial score (nSPS) is 17.7. The molecule has 86 valence electrons. The highest BCUT2D eigenvalue weighted by Crippen LogP contribution is 2.29. The molecule has 1 fully saturated rings. The van der Waals surface area contributed by atoms with Gasteiger partial charge in [-0.05, 0) is 30.5 Å². The molecule has 0 spiro atoms. The van der Waals surface area contributed by atoms with E-state index in [2.05, 4.69) is 12.1 Å². The highest BCUT2D eigenvalue weighted by Gasteiger charge is 2.18. The Morgan fingerprint density at radius 1 is 1.19 bits per heavy atom. The lowest BCUT2D eigenvalue weighted by Crippen LogP contribution is -2.15. The van der Waals surface area contributed by atoms with Gasteiger partial charge in [0, 0.05) is 28.9 Å². The van der Waals surface area contributed by atoms with E-state index in [9.17, 15) is 4.79 Å². The number of rotatable bonds is 3. The summed E-state index contributed by atoms with van der Waals surface area (Å²) in [6.45, 7) is 0. The van der Waals surface area contributed by atoms with Crippen molar-refractivity contribution in [3.8, 4) is 0 Å². The van der Waals surface area contributed by atoms with Crippen molar-refractivity contribution >= 4 is 29.1 Å². The molecule has 16 heavy (non-hydrogen) atoms. The van der Waals surface area contributed by atoms with E-state index in [1.54, 1.807) is 0 Å². The minimum atomic E-state index is 0.434. The Labute approximate surface area is 106 Å². The van der Waals surface area contributed by atoms with Crippen molar-refractivity contribution in [3.63, 3.8) is 0 Å². The Bertz CT molecular complexity index is 351. The topological polar surface area (TPSA) is 17.1 Å². The first-order valence-electron chi connectivity index (χ1n) is 5.62. The van der Waals surface area contributed by atoms with Gasteiger partial charge in [-0.1, -0.05) is 23.7 Å². The van der Waals surface area contributed by atoms with Crippen molar-refractivity contribution in [2.75, 3.05) is 0 Å². The number of hydrogen-bond donors (Lipinski definition) is 0. The molecule has 1 aromatic rings. The lowest BCUT2D eigenvalue weighted by Gasteiger charge is -2.20. The van der Waals surface area contributed by atoms with E-state index in [0.717, 1.165) is 36.5 Å². The minimum Gasteiger partial charge on any atom is -0.300 e. The van der Waals surface area contributed by atoms with Crippen LogP contribution in [-0.2, 0) is 10.5 Å². The number of hydrogen-bond acceptors (Lipinski definition) is 2. The van der Waals surface area contributed by atoms with E-state index in [-0.39, 0.29) is 0 Å². The Morgan fingerprint density at radius 2 is 1.81 bits per heavy atom. The molecular weight excluding hydrogens is 240 g/mol. The highest BCUT2D eigenvalue weighted by atomic mass is 35.5. The van der Waals surface area contributed by atoms with Gasteiger partial charge in [0.15, 0.2) is 0 Å². The third-order valence-electron chi connectivity index (χ3n) is 2.89. The molecular formula is C13H15ClOS. The molecule has 0 aromatic heterocycles. The Hall–Kier alpha value is -0.470. The Morgan fingerprint density at radius 3 is 2.44 bits per heavy atom. The van der Waals surface area contributed by atoms with E-state index in [0.29, 0.717) is 11.0 Å². The van der Waals surface area contributed by atoms with Crippen LogP contribution in [-0.4, -0.2) is 11.0 Å². The van der Waals surface area contributed by atoms with Gasteiger partial charge >= 0.3 is 0 Å². The second-order valence-electron chi connectivity index (χ2n) is 4.18. The quantitative estimate of drug-likeness (QED) is 0.808. The summed E-state index contributed by atoms with van der Waals surface area (Å²) >= 11 is 7.80. The van der Waals surface area contributed by atoms with Crippen molar-refractivity contribution in [1.82, 2.24) is 0 Å². The van der Waals surface area contributed by atoms with Gasteiger partial charge in [-0.3, -0.25) is 4.79 Å². The highest BCUT2D eigenvalue weighted by molar-refractivity contribution is 7.99. The van der Waals surface area contributed by atoms with Gasteiger partial charge in [0.2, 0.25) is 0 Å². The molecule has 1 nitrogen and oxygen atoms in total. The SMILES string of the molecule is O=C1CCC(SCc2ccc(Cl)cc2)CC1. The fraction of sp³-hybridized carbons (Fsp3) is 0.462. The Kier molecular flexibility index (Phi) is 4.30. The maximum absolute atomic E-state index is 11.1. The molecule has 0 unspecified atom stereocenters. The van der Waals surface area contributed by atoms with Gasteiger partial charge in [-0.2, -0.15) is 11.8 Å². The average molecular weight is 255 g/mol. The number of ketones is 1. The fourth-order valence-electron chi connectivity index (χ4n) is 1.87. The maximum atomic E-state index is 11.1. The van der Waals surface area contributed by atoms with Crippen LogP contribution in [0.2, 0.25) is 5.02 Å². The number of carbonyl (C=O) groups is 1. The fourth-order valence-corrected chi connectivity index (χ4v) is 3.19. The zero-order chi connectivity index (χ0) is 11.4. The molecule has 0 amide bonds. The van der Waals surface area contributed by atoms with Crippen LogP contribution in [0.15, 0.2) is 24.3 Å². The third kappa shape index (κ3) is 3.53. The van der Waals surface area contributed by atoms with Crippen molar-refractivity contribution in [1.29, 1.82) is 0 Å². The maximum Gasteiger partial charge on any atom is 0.132 e. The standard InChI is InChI=1S/C13H15ClOS/c14-11-3-1-10(2-4-11)9-16-13-7-5-12(15)6-8-13/h1-4,13H,5-9H2. The Balaban J connectivity index is 1.79. The molecule has 1 aliphatic carbocycles. The summed E-state index contributed by atoms with van der Waals surface area (Å²) in [5.41, 5.74) is 1.31. The zero-order valence-corrected chi connectivity index (χ0v) is 10.7. The van der Waals surface area contributed by atoms with Crippen LogP contribution in [0.3, 0.4) is 0 Å². The molecule has 0 aliphatic heterocycles. The monoisotopic (exact) mass is 254 g/mol. The summed E-state index contributed by atoms with van der Waals surface area (Å²) in [6, 6.07) is 8.01. The van der Waals surface area contributed by atoms with Gasteiger partial charge in [0.25, 0.3) is 0 Å². The molecule has 0 bridgehead atoms. The molecule has 3 heteroatoms. The summed E-state index contributed by atoms with van der Waals surface area (Å²) in [4.78, 5) is 11.1. The summed E-state index contributed by atoms with van der Waals surface area (Å²) in [5, 5.41) is 1.45. The predicted molar refractivity (Wildman–Crippen MR) is 70.0 cm³/mol. The van der Waals surface area contributed by atoms with E-state index in [1.807, 2.05) is 23.9 Å². The second kappa shape index (κ2) is 5.74. The van der Waals surface area contributed by atoms with Crippen LogP contribution in [0.4, 0.5) is 0 Å². The van der Waals surface area contributed by atoms with Crippen LogP contribution < -0.4 is 0 Å². The van der Waals surface area contributed by atoms with Crippen LogP contribution in [0, 0.1) is 0 Å². The first-order chi connectivity index (χ1) is 7.74. The van der Waals surface area contributed by atoms with E-state index >= 15 is 0 Å². The smallest absolute Gasteiger partial charge is 0.132 e. The molecule has 0 radical (unpaired) electrons. The molecule has 0 atom stereocenters. The first kappa shape index (κ1) is 12.0. The molecule has 1 aromatic carbocycles. The van der Waals surface area contributed by atoms with Crippen molar-refractivity contribution < 1.29 is 4.79 Å². The number of halogens is 1. The van der Waals surface area contributed by atoms with Crippen LogP contribution >= 0.6 is 23.4 Å². The number of benzene rings is 1. The molecule has 1 saturated carbocycles. The lowest BCUT2D eigenvalue weighted by molar-refractivity contribution is -0.120. The molecule has 1 aliphatic rings. The molecule has 0 saturated heterocycles. The van der Waals surface area contributed by atoms with Gasteiger partial charge in [0.05, 0.1) is 0 Å². The average Bonchev–Trinajstić information content (AvgIpc) is 2.30. The van der Waals surface area contributed by atoms with E-state index in [1.165, 1.54) is 5.56 Å². The van der Waals surface area contributed by atoms with Gasteiger partial charge in [0.1, 0.15) is 5.78 Å². The van der Waals surface area contributed by atoms with Crippen LogP contribution in [0.1, 0.15) is 31.2 Å². The van der Waals surface area contributed by atoms with Gasteiger partial charge in [-0.25, -0.2) is 0 Å². The van der Waals surface area contributed by atoms with Gasteiger partial charge < -0.3 is 0 Å². The predicted octanol–water partition coefficient (Wildman–Crippen LogP) is 4.08. The largest absolute Gasteiger partial charge is 0.300 e. The van der Waals surface area contributed by atoms with Crippen LogP contribution in [0.25, 0.3) is 0 Å². The summed E-state index contributed by atoms with van der Waals surface area (Å²) < 4.78 is 0. The molecule has 0 N–H and O–H groups in total. The molecule has 2 rings (SSSR count).